The molecule has 0 radical (unpaired) electrons. The number of benzene rings is 2. The van der Waals surface area contributed by atoms with Gasteiger partial charge in [-0.2, -0.15) is 0 Å². The predicted octanol–water partition coefficient (Wildman–Crippen LogP) is 2.22. The molecule has 1 amide bonds. The predicted molar refractivity (Wildman–Crippen MR) is 88.7 cm³/mol. The molecule has 0 spiro atoms. The molecule has 5 nitrogen and oxygen atoms in total. The van der Waals surface area contributed by atoms with Gasteiger partial charge in [-0.3, -0.25) is 4.79 Å². The molecule has 0 aromatic heterocycles. The number of anilines is 1. The van der Waals surface area contributed by atoms with Gasteiger partial charge in [0, 0.05) is 24.7 Å². The zero-order valence-corrected chi connectivity index (χ0v) is 13.9. The SMILES string of the molecule is Cc1ccc(S(=O)(=O)NC2CC(=O)N(c3ccc(F)cc3)C2)cc1. The zero-order chi connectivity index (χ0) is 17.3. The van der Waals surface area contributed by atoms with Crippen LogP contribution in [0.2, 0.25) is 0 Å². The molecule has 1 heterocycles. The Labute approximate surface area is 140 Å². The van der Waals surface area contributed by atoms with E-state index in [1.54, 1.807) is 12.1 Å². The molecule has 1 aliphatic heterocycles. The van der Waals surface area contributed by atoms with Crippen molar-refractivity contribution in [1.82, 2.24) is 4.72 Å². The van der Waals surface area contributed by atoms with Crippen LogP contribution in [0.5, 0.6) is 0 Å². The van der Waals surface area contributed by atoms with Crippen molar-refractivity contribution in [3.8, 4) is 0 Å². The number of hydrogen-bond donors (Lipinski definition) is 1. The molecule has 1 fully saturated rings. The minimum absolute atomic E-state index is 0.0719. The molecule has 1 atom stereocenters. The van der Waals surface area contributed by atoms with E-state index in [2.05, 4.69) is 4.72 Å². The smallest absolute Gasteiger partial charge is 0.240 e. The first kappa shape index (κ1) is 16.6. The zero-order valence-electron chi connectivity index (χ0n) is 13.1. The molecule has 0 saturated carbocycles. The van der Waals surface area contributed by atoms with Gasteiger partial charge >= 0.3 is 0 Å². The third-order valence-corrected chi connectivity index (χ3v) is 5.45. The number of nitrogens with zero attached hydrogens (tertiary/aromatic N) is 1. The van der Waals surface area contributed by atoms with E-state index < -0.39 is 16.1 Å². The first-order valence-electron chi connectivity index (χ1n) is 7.50. The summed E-state index contributed by atoms with van der Waals surface area (Å²) in [5.74, 6) is -0.583. The molecule has 0 aliphatic carbocycles. The number of rotatable bonds is 4. The van der Waals surface area contributed by atoms with Crippen LogP contribution in [0.1, 0.15) is 12.0 Å². The molecule has 3 rings (SSSR count). The molecule has 0 bridgehead atoms. The fraction of sp³-hybridized carbons (Fsp3) is 0.235. The second kappa shape index (κ2) is 6.33. The highest BCUT2D eigenvalue weighted by Gasteiger charge is 2.33. The van der Waals surface area contributed by atoms with Crippen molar-refractivity contribution in [2.24, 2.45) is 0 Å². The van der Waals surface area contributed by atoms with Gasteiger partial charge in [-0.15, -0.1) is 0 Å². The minimum Gasteiger partial charge on any atom is -0.311 e. The van der Waals surface area contributed by atoms with Crippen LogP contribution < -0.4 is 9.62 Å². The summed E-state index contributed by atoms with van der Waals surface area (Å²) in [6.07, 6.45) is 0.0719. The van der Waals surface area contributed by atoms with Gasteiger partial charge in [0.15, 0.2) is 0 Å². The highest BCUT2D eigenvalue weighted by molar-refractivity contribution is 7.89. The largest absolute Gasteiger partial charge is 0.311 e. The van der Waals surface area contributed by atoms with Gasteiger partial charge in [-0.25, -0.2) is 17.5 Å². The van der Waals surface area contributed by atoms with Gasteiger partial charge in [0.2, 0.25) is 15.9 Å². The van der Waals surface area contributed by atoms with E-state index in [9.17, 15) is 17.6 Å². The Morgan fingerprint density at radius 1 is 1.08 bits per heavy atom. The number of carbonyl (C=O) groups is 1. The van der Waals surface area contributed by atoms with Crippen LogP contribution >= 0.6 is 0 Å². The van der Waals surface area contributed by atoms with Crippen molar-refractivity contribution in [2.45, 2.75) is 24.3 Å². The summed E-state index contributed by atoms with van der Waals surface area (Å²) in [4.78, 5) is 13.8. The van der Waals surface area contributed by atoms with E-state index in [0.29, 0.717) is 5.69 Å². The van der Waals surface area contributed by atoms with Gasteiger partial charge in [0.25, 0.3) is 0 Å². The van der Waals surface area contributed by atoms with Crippen LogP contribution in [0.15, 0.2) is 53.4 Å². The number of sulfonamides is 1. The average Bonchev–Trinajstić information content (AvgIpc) is 2.88. The fourth-order valence-corrected chi connectivity index (χ4v) is 3.89. The topological polar surface area (TPSA) is 66.5 Å². The van der Waals surface area contributed by atoms with Crippen molar-refractivity contribution >= 4 is 21.6 Å². The number of nitrogens with one attached hydrogen (secondary N) is 1. The lowest BCUT2D eigenvalue weighted by atomic mass is 10.2. The molecular formula is C17H17FN2O3S. The van der Waals surface area contributed by atoms with Crippen LogP contribution in [-0.4, -0.2) is 26.9 Å². The van der Waals surface area contributed by atoms with Crippen LogP contribution in [0.4, 0.5) is 10.1 Å². The van der Waals surface area contributed by atoms with E-state index in [4.69, 9.17) is 0 Å². The van der Waals surface area contributed by atoms with Crippen LogP contribution in [0, 0.1) is 12.7 Å². The van der Waals surface area contributed by atoms with Gasteiger partial charge in [-0.1, -0.05) is 17.7 Å². The molecule has 1 N–H and O–H groups in total. The van der Waals surface area contributed by atoms with E-state index >= 15 is 0 Å². The second-order valence-electron chi connectivity index (χ2n) is 5.82. The third kappa shape index (κ3) is 3.47. The summed E-state index contributed by atoms with van der Waals surface area (Å²) in [5, 5.41) is 0. The number of amides is 1. The highest BCUT2D eigenvalue weighted by atomic mass is 32.2. The molecule has 1 unspecified atom stereocenters. The first-order valence-corrected chi connectivity index (χ1v) is 8.98. The second-order valence-corrected chi connectivity index (χ2v) is 7.53. The Hall–Kier alpha value is -2.25. The van der Waals surface area contributed by atoms with E-state index in [1.165, 1.54) is 41.3 Å². The van der Waals surface area contributed by atoms with Crippen molar-refractivity contribution < 1.29 is 17.6 Å². The van der Waals surface area contributed by atoms with E-state index in [0.717, 1.165) is 5.56 Å². The quantitative estimate of drug-likeness (QED) is 0.921. The number of aryl methyl sites for hydroxylation is 1. The average molecular weight is 348 g/mol. The molecular weight excluding hydrogens is 331 g/mol. The van der Waals surface area contributed by atoms with Crippen molar-refractivity contribution in [3.05, 3.63) is 59.9 Å². The Kier molecular flexibility index (Phi) is 4.38. The van der Waals surface area contributed by atoms with Gasteiger partial charge < -0.3 is 4.90 Å². The lowest BCUT2D eigenvalue weighted by Crippen LogP contribution is -2.37. The first-order chi connectivity index (χ1) is 11.3. The Bertz CT molecular complexity index is 848. The summed E-state index contributed by atoms with van der Waals surface area (Å²) in [6.45, 7) is 2.09. The Morgan fingerprint density at radius 2 is 1.71 bits per heavy atom. The van der Waals surface area contributed by atoms with Gasteiger partial charge in [-0.05, 0) is 43.3 Å². The van der Waals surface area contributed by atoms with E-state index in [-0.39, 0.29) is 29.6 Å². The monoisotopic (exact) mass is 348 g/mol. The summed E-state index contributed by atoms with van der Waals surface area (Å²) < 4.78 is 40.4. The maximum atomic E-state index is 13.0. The molecule has 1 saturated heterocycles. The third-order valence-electron chi connectivity index (χ3n) is 3.92. The van der Waals surface area contributed by atoms with Crippen LogP contribution in [0.3, 0.4) is 0 Å². The molecule has 2 aromatic carbocycles. The normalized spacial score (nSPS) is 18.2. The Morgan fingerprint density at radius 3 is 2.33 bits per heavy atom. The molecule has 7 heteroatoms. The van der Waals surface area contributed by atoms with Crippen LogP contribution in [0.25, 0.3) is 0 Å². The van der Waals surface area contributed by atoms with Crippen LogP contribution in [-0.2, 0) is 14.8 Å². The Balaban J connectivity index is 1.74. The molecule has 2 aromatic rings. The molecule has 126 valence electrons. The van der Waals surface area contributed by atoms with Gasteiger partial charge in [0.05, 0.1) is 4.90 Å². The van der Waals surface area contributed by atoms with Crippen molar-refractivity contribution in [1.29, 1.82) is 0 Å². The lowest BCUT2D eigenvalue weighted by Gasteiger charge is -2.17. The van der Waals surface area contributed by atoms with Crippen molar-refractivity contribution in [2.75, 3.05) is 11.4 Å². The summed E-state index contributed by atoms with van der Waals surface area (Å²) in [6, 6.07) is 11.5. The van der Waals surface area contributed by atoms with Crippen molar-refractivity contribution in [3.63, 3.8) is 0 Å². The summed E-state index contributed by atoms with van der Waals surface area (Å²) in [5.41, 5.74) is 1.52. The minimum atomic E-state index is -3.69. The highest BCUT2D eigenvalue weighted by Crippen LogP contribution is 2.23. The molecule has 1 aliphatic rings. The van der Waals surface area contributed by atoms with E-state index in [1.807, 2.05) is 6.92 Å². The molecule has 24 heavy (non-hydrogen) atoms. The lowest BCUT2D eigenvalue weighted by molar-refractivity contribution is -0.117. The number of halogens is 1. The maximum Gasteiger partial charge on any atom is 0.240 e. The summed E-state index contributed by atoms with van der Waals surface area (Å²) in [7, 11) is -3.69. The number of hydrogen-bond acceptors (Lipinski definition) is 3. The maximum absolute atomic E-state index is 13.0. The summed E-state index contributed by atoms with van der Waals surface area (Å²) >= 11 is 0. The van der Waals surface area contributed by atoms with Gasteiger partial charge in [0.1, 0.15) is 5.82 Å². The fourth-order valence-electron chi connectivity index (χ4n) is 2.66. The standard InChI is InChI=1S/C17H17FN2O3S/c1-12-2-8-16(9-3-12)24(22,23)19-14-10-17(21)20(11-14)15-6-4-13(18)5-7-15/h2-9,14,19H,10-11H2,1H3. The number of carbonyl (C=O) groups excluding carboxylic acids is 1.